The molecule has 6 nitrogen and oxygen atoms in total. The second kappa shape index (κ2) is 16.0. The Hall–Kier alpha value is -0.240. The van der Waals surface area contributed by atoms with E-state index in [9.17, 15) is 20.4 Å². The molecule has 0 fully saturated rings. The van der Waals surface area contributed by atoms with E-state index in [1.807, 2.05) is 0 Å². The fourth-order valence-electron chi connectivity index (χ4n) is 2.85. The molecule has 5 N–H and O–H groups in total. The van der Waals surface area contributed by atoms with Gasteiger partial charge in [0.2, 0.25) is 0 Å². The topological polar surface area (TPSA) is 104 Å². The third-order valence-corrected chi connectivity index (χ3v) is 4.60. The summed E-state index contributed by atoms with van der Waals surface area (Å²) in [7, 11) is -0.000141. The summed E-state index contributed by atoms with van der Waals surface area (Å²) in [6, 6.07) is 0. The van der Waals surface area contributed by atoms with Gasteiger partial charge >= 0.3 is 0 Å². The summed E-state index contributed by atoms with van der Waals surface area (Å²) in [5.74, 6) is 0. The van der Waals surface area contributed by atoms with Gasteiger partial charge in [0, 0.05) is 7.92 Å². The van der Waals surface area contributed by atoms with Crippen molar-refractivity contribution in [3.63, 3.8) is 0 Å². The molecule has 4 atom stereocenters. The molecular weight excluding hydrogens is 322 g/mol. The summed E-state index contributed by atoms with van der Waals surface area (Å²) in [5.41, 5.74) is 0. The summed E-state index contributed by atoms with van der Waals surface area (Å²) >= 11 is 0. The Morgan fingerprint density at radius 3 is 1.72 bits per heavy atom. The maximum absolute atomic E-state index is 9.97. The lowest BCUT2D eigenvalue weighted by Crippen LogP contribution is -2.49. The van der Waals surface area contributed by atoms with Crippen LogP contribution in [-0.4, -0.2) is 81.6 Å². The van der Waals surface area contributed by atoms with Crippen LogP contribution in [0.1, 0.15) is 72.5 Å². The van der Waals surface area contributed by atoms with Gasteiger partial charge < -0.3 is 30.4 Å². The monoisotopic (exact) mass is 364 g/mol. The number of aliphatic hydroxyl groups is 5. The van der Waals surface area contributed by atoms with Crippen LogP contribution in [0.2, 0.25) is 0 Å². The van der Waals surface area contributed by atoms with Gasteiger partial charge in [-0.3, -0.25) is 0 Å². The van der Waals surface area contributed by atoms with E-state index in [-0.39, 0.29) is 13.6 Å². The van der Waals surface area contributed by atoms with E-state index in [1.165, 1.54) is 51.4 Å². The van der Waals surface area contributed by atoms with Gasteiger partial charge in [0.15, 0.2) is 0 Å². The molecule has 0 bridgehead atoms. The number of aliphatic hydroxyl groups excluding tert-OH is 5. The van der Waals surface area contributed by atoms with E-state index in [1.54, 1.807) is 4.90 Å². The van der Waals surface area contributed by atoms with E-state index in [4.69, 9.17) is 6.48 Å². The SMILES string of the molecule is [2H]CN(CCCCCCCCCCCC)C[C@H](O)[C@@H](O)[C@H](O)[C@H](O)CO. The first-order valence-electron chi connectivity index (χ1n) is 10.5. The van der Waals surface area contributed by atoms with Crippen molar-refractivity contribution in [1.82, 2.24) is 4.90 Å². The Morgan fingerprint density at radius 2 is 1.24 bits per heavy atom. The second-order valence-corrected chi connectivity index (χ2v) is 7.06. The number of hydrogen-bond donors (Lipinski definition) is 5. The van der Waals surface area contributed by atoms with Crippen LogP contribution in [0.15, 0.2) is 0 Å². The normalized spacial score (nSPS) is 17.3. The number of hydrogen-bond acceptors (Lipinski definition) is 6. The zero-order valence-corrected chi connectivity index (χ0v) is 15.9. The molecule has 0 spiro atoms. The highest BCUT2D eigenvalue weighted by Crippen LogP contribution is 2.11. The van der Waals surface area contributed by atoms with Crippen molar-refractivity contribution in [1.29, 1.82) is 0 Å². The largest absolute Gasteiger partial charge is 0.394 e. The smallest absolute Gasteiger partial charge is 0.111 e. The van der Waals surface area contributed by atoms with Crippen LogP contribution in [0.5, 0.6) is 0 Å². The van der Waals surface area contributed by atoms with Crippen molar-refractivity contribution in [2.75, 3.05) is 26.7 Å². The predicted octanol–water partition coefficient (Wildman–Crippen LogP) is 1.27. The van der Waals surface area contributed by atoms with Crippen molar-refractivity contribution < 1.29 is 26.9 Å². The summed E-state index contributed by atoms with van der Waals surface area (Å²) < 4.78 is 7.53. The van der Waals surface area contributed by atoms with Crippen molar-refractivity contribution in [3.8, 4) is 0 Å². The lowest BCUT2D eigenvalue weighted by molar-refractivity contribution is -0.118. The molecule has 0 aromatic rings. The van der Waals surface area contributed by atoms with Crippen LogP contribution in [0.4, 0.5) is 0 Å². The average Bonchev–Trinajstić information content (AvgIpc) is 2.66. The maximum atomic E-state index is 9.97. The van der Waals surface area contributed by atoms with Crippen LogP contribution >= 0.6 is 0 Å². The van der Waals surface area contributed by atoms with E-state index in [0.29, 0.717) is 6.54 Å². The number of nitrogens with zero attached hydrogens (tertiary/aromatic N) is 1. The third kappa shape index (κ3) is 12.7. The molecule has 25 heavy (non-hydrogen) atoms. The van der Waals surface area contributed by atoms with Gasteiger partial charge in [-0.25, -0.2) is 0 Å². The highest BCUT2D eigenvalue weighted by molar-refractivity contribution is 4.82. The number of unbranched alkanes of at least 4 members (excludes halogenated alkanes) is 9. The molecule has 0 aliphatic rings. The minimum Gasteiger partial charge on any atom is -0.394 e. The molecule has 0 rings (SSSR count). The zero-order chi connectivity index (χ0) is 19.8. The molecule has 0 amide bonds. The highest BCUT2D eigenvalue weighted by Gasteiger charge is 2.30. The molecule has 0 saturated heterocycles. The van der Waals surface area contributed by atoms with E-state index in [2.05, 4.69) is 6.92 Å². The van der Waals surface area contributed by atoms with Gasteiger partial charge in [-0.1, -0.05) is 64.7 Å². The van der Waals surface area contributed by atoms with Crippen molar-refractivity contribution in [3.05, 3.63) is 0 Å². The van der Waals surface area contributed by atoms with Crippen LogP contribution in [0.3, 0.4) is 0 Å². The Morgan fingerprint density at radius 1 is 0.760 bits per heavy atom. The van der Waals surface area contributed by atoms with Gasteiger partial charge in [0.05, 0.1) is 12.7 Å². The zero-order valence-electron chi connectivity index (χ0n) is 16.9. The minimum atomic E-state index is -1.61. The molecule has 0 aromatic heterocycles. The molecule has 0 aromatic carbocycles. The molecule has 0 aliphatic heterocycles. The average molecular weight is 365 g/mol. The van der Waals surface area contributed by atoms with Crippen molar-refractivity contribution >= 4 is 0 Å². The van der Waals surface area contributed by atoms with Crippen molar-refractivity contribution in [2.24, 2.45) is 0 Å². The van der Waals surface area contributed by atoms with Gasteiger partial charge in [-0.2, -0.15) is 0 Å². The summed E-state index contributed by atoms with van der Waals surface area (Å²) in [5, 5.41) is 47.5. The van der Waals surface area contributed by atoms with Gasteiger partial charge in [0.25, 0.3) is 0 Å². The lowest BCUT2D eigenvalue weighted by Gasteiger charge is -2.28. The summed E-state index contributed by atoms with van der Waals surface area (Å²) in [4.78, 5) is 1.71. The second-order valence-electron chi connectivity index (χ2n) is 7.06. The molecule has 0 radical (unpaired) electrons. The van der Waals surface area contributed by atoms with Gasteiger partial charge in [0.1, 0.15) is 18.3 Å². The molecule has 0 saturated carbocycles. The Bertz CT molecular complexity index is 312. The Labute approximate surface area is 154 Å². The van der Waals surface area contributed by atoms with E-state index >= 15 is 0 Å². The van der Waals surface area contributed by atoms with Crippen molar-refractivity contribution in [2.45, 2.75) is 95.5 Å². The van der Waals surface area contributed by atoms with E-state index in [0.717, 1.165) is 12.8 Å². The summed E-state index contributed by atoms with van der Waals surface area (Å²) in [6.07, 6.45) is 6.35. The number of likely N-dealkylation sites (N-methyl/N-ethyl adjacent to an activating group) is 1. The molecule has 0 aliphatic carbocycles. The molecule has 0 unspecified atom stereocenters. The predicted molar refractivity (Wildman–Crippen MR) is 100 cm³/mol. The molecule has 6 heteroatoms. The molecule has 0 heterocycles. The van der Waals surface area contributed by atoms with E-state index < -0.39 is 31.0 Å². The van der Waals surface area contributed by atoms with Gasteiger partial charge in [-0.05, 0) is 20.0 Å². The fourth-order valence-corrected chi connectivity index (χ4v) is 2.85. The summed E-state index contributed by atoms with van der Waals surface area (Å²) in [6.45, 7) is 2.24. The molecular formula is C19H41NO5. The maximum Gasteiger partial charge on any atom is 0.111 e. The highest BCUT2D eigenvalue weighted by atomic mass is 16.4. The lowest BCUT2D eigenvalue weighted by atomic mass is 10.0. The van der Waals surface area contributed by atoms with Gasteiger partial charge in [-0.15, -0.1) is 0 Å². The first-order valence-corrected chi connectivity index (χ1v) is 9.82. The van der Waals surface area contributed by atoms with Crippen LogP contribution < -0.4 is 0 Å². The minimum absolute atomic E-state index is 0.000141. The Kier molecular flexibility index (Phi) is 14.6. The van der Waals surface area contributed by atoms with Crippen LogP contribution in [0, 0.1) is 0 Å². The quantitative estimate of drug-likeness (QED) is 0.249. The third-order valence-electron chi connectivity index (χ3n) is 4.60. The van der Waals surface area contributed by atoms with Crippen LogP contribution in [0.25, 0.3) is 0 Å². The first-order chi connectivity index (χ1) is 12.5. The van der Waals surface area contributed by atoms with Crippen LogP contribution in [-0.2, 0) is 0 Å². The Balaban J connectivity index is 3.82. The number of rotatable bonds is 17. The standard InChI is InChI=1S/C19H41NO5/c1-3-4-5-6-7-8-9-10-11-12-13-20(2)14-16(22)18(24)19(25)17(23)15-21/h16-19,21-25H,3-15H2,1-2H3/t16-,17+,18+,19+/m0/s1/i2D. The fraction of sp³-hybridized carbons (Fsp3) is 1.00. The first kappa shape index (κ1) is 22.8. The molecule has 152 valence electrons.